The van der Waals surface area contributed by atoms with E-state index in [1.54, 1.807) is 0 Å². The highest BCUT2D eigenvalue weighted by atomic mass is 15.0. The number of rotatable bonds is 5. The zero-order valence-electron chi connectivity index (χ0n) is 39.8. The minimum Gasteiger partial charge on any atom is -0.309 e. The second-order valence-electron chi connectivity index (χ2n) is 19.8. The standard InChI is InChI=1S/C68H47N3/c1-41(43-20-7-5-8-21-43)69-67(44-22-9-6-10-23-44)70-42(2)45-24-19-25-46(34-45)71-65-39-58-54-33-18-14-29-50(54)48-27-12-16-31-52(48)56(58)36-61(65)62-37-60-59-35-55-51-30-15-11-26-47(51)49-28-13-17-32-53(49)57(55)38-63(59)68(3,4)64(60)40-66(62)71/h5-40H,1H2,2-4H3/b69-67-,70-42+. The summed E-state index contributed by atoms with van der Waals surface area (Å²) in [6.45, 7) is 11.3. The Labute approximate surface area is 412 Å². The molecule has 0 aliphatic heterocycles. The molecule has 0 bridgehead atoms. The molecule has 0 amide bonds. The van der Waals surface area contributed by atoms with Crippen LogP contribution in [0.2, 0.25) is 0 Å². The van der Waals surface area contributed by atoms with Crippen molar-refractivity contribution < 1.29 is 0 Å². The molecule has 1 aliphatic rings. The van der Waals surface area contributed by atoms with Gasteiger partial charge in [0.15, 0.2) is 5.84 Å². The van der Waals surface area contributed by atoms with Crippen molar-refractivity contribution in [2.45, 2.75) is 26.2 Å². The quantitative estimate of drug-likeness (QED) is 0.0936. The van der Waals surface area contributed by atoms with E-state index in [4.69, 9.17) is 9.98 Å². The second kappa shape index (κ2) is 15.5. The molecule has 0 saturated heterocycles. The van der Waals surface area contributed by atoms with Gasteiger partial charge in [-0.2, -0.15) is 0 Å². The summed E-state index contributed by atoms with van der Waals surface area (Å²) < 4.78 is 2.51. The molecule has 3 nitrogen and oxygen atoms in total. The van der Waals surface area contributed by atoms with E-state index in [1.807, 2.05) is 48.5 Å². The summed E-state index contributed by atoms with van der Waals surface area (Å²) in [5, 5.41) is 17.8. The molecule has 0 radical (unpaired) electrons. The first-order chi connectivity index (χ1) is 34.8. The van der Waals surface area contributed by atoms with E-state index < -0.39 is 0 Å². The molecule has 0 N–H and O–H groups in total. The maximum absolute atomic E-state index is 5.28. The van der Waals surface area contributed by atoms with Crippen LogP contribution in [0, 0.1) is 0 Å². The largest absolute Gasteiger partial charge is 0.309 e. The van der Waals surface area contributed by atoms with Crippen molar-refractivity contribution in [1.29, 1.82) is 0 Å². The van der Waals surface area contributed by atoms with Crippen LogP contribution in [0.5, 0.6) is 0 Å². The van der Waals surface area contributed by atoms with Gasteiger partial charge in [-0.05, 0) is 153 Å². The third-order valence-corrected chi connectivity index (χ3v) is 15.5. The molecule has 14 rings (SSSR count). The summed E-state index contributed by atoms with van der Waals surface area (Å²) in [6, 6.07) is 79.8. The van der Waals surface area contributed by atoms with Crippen LogP contribution in [0.15, 0.2) is 235 Å². The van der Waals surface area contributed by atoms with Gasteiger partial charge in [0.2, 0.25) is 0 Å². The van der Waals surface area contributed by atoms with Gasteiger partial charge in [0.25, 0.3) is 0 Å². The number of amidine groups is 1. The molecular weight excluding hydrogens is 859 g/mol. The second-order valence-corrected chi connectivity index (χ2v) is 19.8. The number of nitrogens with zero attached hydrogens (tertiary/aromatic N) is 3. The molecule has 0 fully saturated rings. The Kier molecular flexibility index (Phi) is 9.00. The molecule has 71 heavy (non-hydrogen) atoms. The van der Waals surface area contributed by atoms with Gasteiger partial charge in [0.05, 0.1) is 16.7 Å². The summed E-state index contributed by atoms with van der Waals surface area (Å²) in [5.74, 6) is 0.621. The smallest absolute Gasteiger partial charge is 0.160 e. The van der Waals surface area contributed by atoms with Crippen molar-refractivity contribution in [2.75, 3.05) is 0 Å². The van der Waals surface area contributed by atoms with Crippen molar-refractivity contribution >= 4 is 104 Å². The Morgan fingerprint density at radius 2 is 0.775 bits per heavy atom. The van der Waals surface area contributed by atoms with Crippen LogP contribution >= 0.6 is 0 Å². The average molecular weight is 906 g/mol. The Balaban J connectivity index is 1.03. The lowest BCUT2D eigenvalue weighted by Crippen LogP contribution is -2.15. The molecule has 1 aliphatic carbocycles. The highest BCUT2D eigenvalue weighted by Crippen LogP contribution is 2.54. The zero-order valence-corrected chi connectivity index (χ0v) is 39.8. The third-order valence-electron chi connectivity index (χ3n) is 15.5. The molecule has 334 valence electrons. The van der Waals surface area contributed by atoms with E-state index in [2.05, 4.69) is 202 Å². The molecular formula is C68H47N3. The Morgan fingerprint density at radius 3 is 1.34 bits per heavy atom. The van der Waals surface area contributed by atoms with Crippen LogP contribution in [0.25, 0.3) is 109 Å². The lowest BCUT2D eigenvalue weighted by molar-refractivity contribution is 0.662. The first-order valence-corrected chi connectivity index (χ1v) is 24.6. The van der Waals surface area contributed by atoms with Crippen LogP contribution in [-0.2, 0) is 5.41 Å². The molecule has 12 aromatic carbocycles. The van der Waals surface area contributed by atoms with Gasteiger partial charge in [0, 0.05) is 33.1 Å². The first kappa shape index (κ1) is 41.1. The van der Waals surface area contributed by atoms with Crippen molar-refractivity contribution in [2.24, 2.45) is 9.98 Å². The molecule has 3 heteroatoms. The predicted octanol–water partition coefficient (Wildman–Crippen LogP) is 17.9. The third kappa shape index (κ3) is 6.22. The summed E-state index contributed by atoms with van der Waals surface area (Å²) in [7, 11) is 0. The number of benzene rings is 12. The zero-order chi connectivity index (χ0) is 47.5. The monoisotopic (exact) mass is 905 g/mol. The van der Waals surface area contributed by atoms with Gasteiger partial charge < -0.3 is 4.57 Å². The normalized spacial score (nSPS) is 13.6. The average Bonchev–Trinajstić information content (AvgIpc) is 3.86. The topological polar surface area (TPSA) is 29.6 Å². The van der Waals surface area contributed by atoms with E-state index in [9.17, 15) is 0 Å². The van der Waals surface area contributed by atoms with E-state index in [0.717, 1.165) is 28.1 Å². The van der Waals surface area contributed by atoms with Gasteiger partial charge >= 0.3 is 0 Å². The Hall–Kier alpha value is -8.92. The Bertz CT molecular complexity index is 4490. The van der Waals surface area contributed by atoms with E-state index >= 15 is 0 Å². The van der Waals surface area contributed by atoms with Gasteiger partial charge in [-0.3, -0.25) is 0 Å². The number of hydrogen-bond donors (Lipinski definition) is 0. The van der Waals surface area contributed by atoms with Crippen molar-refractivity contribution in [3.63, 3.8) is 0 Å². The molecule has 0 spiro atoms. The van der Waals surface area contributed by atoms with Gasteiger partial charge in [0.1, 0.15) is 0 Å². The van der Waals surface area contributed by atoms with Crippen LogP contribution in [-0.4, -0.2) is 16.1 Å². The highest BCUT2D eigenvalue weighted by Gasteiger charge is 2.37. The lowest BCUT2D eigenvalue weighted by Gasteiger charge is -2.23. The first-order valence-electron chi connectivity index (χ1n) is 24.6. The van der Waals surface area contributed by atoms with Crippen molar-refractivity contribution in [3.05, 3.63) is 253 Å². The van der Waals surface area contributed by atoms with Crippen LogP contribution < -0.4 is 0 Å². The fourth-order valence-electron chi connectivity index (χ4n) is 12.0. The molecule has 1 heterocycles. The lowest BCUT2D eigenvalue weighted by atomic mass is 9.81. The van der Waals surface area contributed by atoms with Crippen molar-refractivity contribution in [1.82, 2.24) is 4.57 Å². The molecule has 0 unspecified atom stereocenters. The van der Waals surface area contributed by atoms with Crippen molar-refractivity contribution in [3.8, 4) is 16.8 Å². The van der Waals surface area contributed by atoms with Gasteiger partial charge in [-0.1, -0.05) is 190 Å². The summed E-state index contributed by atoms with van der Waals surface area (Å²) in [4.78, 5) is 10.3. The minimum atomic E-state index is -0.264. The van der Waals surface area contributed by atoms with Crippen LogP contribution in [0.4, 0.5) is 0 Å². The highest BCUT2D eigenvalue weighted by molar-refractivity contribution is 6.30. The van der Waals surface area contributed by atoms with Crippen LogP contribution in [0.3, 0.4) is 0 Å². The fraction of sp³-hybridized carbons (Fsp3) is 0.0588. The summed E-state index contributed by atoms with van der Waals surface area (Å²) in [6.07, 6.45) is 0. The fourth-order valence-corrected chi connectivity index (χ4v) is 12.0. The Morgan fingerprint density at radius 1 is 0.366 bits per heavy atom. The molecule has 0 saturated carbocycles. The van der Waals surface area contributed by atoms with E-state index in [0.29, 0.717) is 11.5 Å². The SMILES string of the molecule is C=C(/N=C(\N=C(/C)c1cccc(-n2c3cc4c(cc3c3cc5c6ccccc6c6ccccc6c5cc32)-c2cc3c5ccccc5c5ccccc5c3cc2C4(C)C)c1)c1ccccc1)c1ccccc1. The van der Waals surface area contributed by atoms with Crippen LogP contribution in [0.1, 0.15) is 48.6 Å². The molecule has 0 atom stereocenters. The minimum absolute atomic E-state index is 0.264. The predicted molar refractivity (Wildman–Crippen MR) is 304 cm³/mol. The summed E-state index contributed by atoms with van der Waals surface area (Å²) >= 11 is 0. The number of hydrogen-bond acceptors (Lipinski definition) is 1. The van der Waals surface area contributed by atoms with Gasteiger partial charge in [-0.25, -0.2) is 9.98 Å². The number of aliphatic imine (C=N–C) groups is 2. The maximum Gasteiger partial charge on any atom is 0.160 e. The molecule has 13 aromatic rings. The van der Waals surface area contributed by atoms with Gasteiger partial charge in [-0.15, -0.1) is 0 Å². The number of fused-ring (bicyclic) bond motifs is 18. The van der Waals surface area contributed by atoms with E-state index in [-0.39, 0.29) is 5.41 Å². The molecule has 1 aromatic heterocycles. The summed E-state index contributed by atoms with van der Waals surface area (Å²) in [5.41, 5.74) is 12.9. The maximum atomic E-state index is 5.28. The van der Waals surface area contributed by atoms with E-state index in [1.165, 1.54) is 109 Å². The number of aromatic nitrogens is 1.